The van der Waals surface area contributed by atoms with E-state index in [1.54, 1.807) is 23.0 Å². The van der Waals surface area contributed by atoms with Crippen molar-refractivity contribution in [3.63, 3.8) is 0 Å². The summed E-state index contributed by atoms with van der Waals surface area (Å²) in [7, 11) is 0. The molecule has 1 aliphatic heterocycles. The number of nitriles is 1. The molecular weight excluding hydrogens is 564 g/mol. The minimum Gasteiger partial charge on any atom is -0.377 e. The van der Waals surface area contributed by atoms with Crippen LogP contribution in [0.4, 0.5) is 34.6 Å². The minimum absolute atomic E-state index is 0.0139. The van der Waals surface area contributed by atoms with E-state index in [1.807, 2.05) is 6.07 Å². The zero-order valence-corrected chi connectivity index (χ0v) is 21.5. The average molecular weight is 581 g/mol. The largest absolute Gasteiger partial charge is 0.377 e. The van der Waals surface area contributed by atoms with Crippen molar-refractivity contribution in [2.24, 2.45) is 0 Å². The van der Waals surface area contributed by atoms with Gasteiger partial charge in [-0.25, -0.2) is 22.8 Å². The van der Waals surface area contributed by atoms with E-state index < -0.39 is 29.4 Å². The van der Waals surface area contributed by atoms with Gasteiger partial charge >= 0.3 is 0 Å². The van der Waals surface area contributed by atoms with Gasteiger partial charge in [-0.2, -0.15) is 9.65 Å². The number of pyridine rings is 2. The Bertz CT molecular complexity index is 1840. The molecule has 1 aliphatic rings. The average Bonchev–Trinajstić information content (AvgIpc) is 3.38. The summed E-state index contributed by atoms with van der Waals surface area (Å²) in [6.07, 6.45) is 4.00. The lowest BCUT2D eigenvalue weighted by Crippen LogP contribution is -2.31. The molecule has 1 saturated heterocycles. The molecule has 206 valence electrons. The van der Waals surface area contributed by atoms with Crippen LogP contribution in [0.25, 0.3) is 10.9 Å². The van der Waals surface area contributed by atoms with Gasteiger partial charge < -0.3 is 15.4 Å². The third-order valence-corrected chi connectivity index (χ3v) is 6.80. The second kappa shape index (κ2) is 10.6. The standard InChI is InChI=1S/C27H17ClF4N8O/c28-20-5-15(4-19-24(13(7-33)8-34-25(19)20)37-16-6-22(31)27(32)35-9-16)36-26(18-2-1-14(29)3-21(18)30)23-10-40(39-38-23)17-11-41-12-17/h1-6,8-10,17,26,36H,11-12H2,(H,34,37)/t26-/m0/s1. The van der Waals surface area contributed by atoms with Crippen LogP contribution in [0.2, 0.25) is 5.02 Å². The number of hydrogen-bond donors (Lipinski definition) is 2. The predicted molar refractivity (Wildman–Crippen MR) is 141 cm³/mol. The van der Waals surface area contributed by atoms with Crippen LogP contribution < -0.4 is 10.6 Å². The molecule has 0 unspecified atom stereocenters. The second-order valence-electron chi connectivity index (χ2n) is 9.19. The van der Waals surface area contributed by atoms with Gasteiger partial charge in [0.15, 0.2) is 5.82 Å². The number of rotatable bonds is 7. The molecule has 5 aromatic rings. The first-order valence-corrected chi connectivity index (χ1v) is 12.5. The molecular formula is C27H17ClF4N8O. The molecule has 0 spiro atoms. The van der Waals surface area contributed by atoms with Crippen LogP contribution in [0.15, 0.2) is 55.0 Å². The van der Waals surface area contributed by atoms with Gasteiger partial charge in [0.25, 0.3) is 0 Å². The summed E-state index contributed by atoms with van der Waals surface area (Å²) in [6.45, 7) is 0.924. The van der Waals surface area contributed by atoms with Crippen molar-refractivity contribution in [3.8, 4) is 6.07 Å². The molecule has 0 radical (unpaired) electrons. The van der Waals surface area contributed by atoms with Gasteiger partial charge in [-0.3, -0.25) is 4.98 Å². The van der Waals surface area contributed by atoms with E-state index in [1.165, 1.54) is 12.3 Å². The Morgan fingerprint density at radius 1 is 1.02 bits per heavy atom. The van der Waals surface area contributed by atoms with Gasteiger partial charge in [-0.05, 0) is 18.2 Å². The first kappa shape index (κ1) is 26.4. The number of aromatic nitrogens is 5. The molecule has 2 N–H and O–H groups in total. The highest BCUT2D eigenvalue weighted by Crippen LogP contribution is 2.37. The molecule has 14 heteroatoms. The molecule has 6 rings (SSSR count). The molecule has 0 saturated carbocycles. The van der Waals surface area contributed by atoms with Crippen molar-refractivity contribution >= 4 is 39.6 Å². The number of nitrogens with zero attached hydrogens (tertiary/aromatic N) is 6. The van der Waals surface area contributed by atoms with E-state index in [0.29, 0.717) is 35.5 Å². The normalized spacial score (nSPS) is 14.0. The Labute approximate surface area is 234 Å². The van der Waals surface area contributed by atoms with E-state index in [-0.39, 0.29) is 33.6 Å². The van der Waals surface area contributed by atoms with Crippen molar-refractivity contribution in [3.05, 3.63) is 100 Å². The number of fused-ring (bicyclic) bond motifs is 1. The summed E-state index contributed by atoms with van der Waals surface area (Å²) in [5, 5.41) is 24.7. The molecule has 0 bridgehead atoms. The van der Waals surface area contributed by atoms with E-state index in [9.17, 15) is 18.4 Å². The summed E-state index contributed by atoms with van der Waals surface area (Å²) in [5.41, 5.74) is 1.46. The Morgan fingerprint density at radius 2 is 1.85 bits per heavy atom. The van der Waals surface area contributed by atoms with Crippen molar-refractivity contribution in [2.75, 3.05) is 23.8 Å². The molecule has 3 aromatic heterocycles. The number of hydrogen-bond acceptors (Lipinski definition) is 8. The van der Waals surface area contributed by atoms with E-state index >= 15 is 4.39 Å². The van der Waals surface area contributed by atoms with Crippen LogP contribution in [0.1, 0.15) is 28.9 Å². The first-order valence-electron chi connectivity index (χ1n) is 12.1. The van der Waals surface area contributed by atoms with Gasteiger partial charge in [-0.15, -0.1) is 5.10 Å². The fraction of sp³-hybridized carbons (Fsp3) is 0.148. The van der Waals surface area contributed by atoms with E-state index in [2.05, 4.69) is 30.9 Å². The fourth-order valence-electron chi connectivity index (χ4n) is 4.39. The number of ether oxygens (including phenoxy) is 1. The van der Waals surface area contributed by atoms with Crippen LogP contribution in [-0.2, 0) is 4.74 Å². The summed E-state index contributed by atoms with van der Waals surface area (Å²) in [5.74, 6) is -4.01. The predicted octanol–water partition coefficient (Wildman–Crippen LogP) is 5.82. The highest BCUT2D eigenvalue weighted by atomic mass is 35.5. The maximum absolute atomic E-state index is 15.0. The third kappa shape index (κ3) is 5.10. The highest BCUT2D eigenvalue weighted by molar-refractivity contribution is 6.36. The topological polar surface area (TPSA) is 114 Å². The number of benzene rings is 2. The number of halogens is 5. The van der Waals surface area contributed by atoms with Gasteiger partial charge in [0.2, 0.25) is 5.95 Å². The van der Waals surface area contributed by atoms with Crippen LogP contribution in [0.5, 0.6) is 0 Å². The number of anilines is 3. The quantitative estimate of drug-likeness (QED) is 0.183. The lowest BCUT2D eigenvalue weighted by molar-refractivity contribution is -0.0293. The zero-order valence-electron chi connectivity index (χ0n) is 20.7. The van der Waals surface area contributed by atoms with E-state index in [4.69, 9.17) is 16.3 Å². The van der Waals surface area contributed by atoms with Crippen molar-refractivity contribution in [1.82, 2.24) is 25.0 Å². The zero-order chi connectivity index (χ0) is 28.7. The Kier molecular flexibility index (Phi) is 6.86. The maximum Gasteiger partial charge on any atom is 0.249 e. The van der Waals surface area contributed by atoms with E-state index in [0.717, 1.165) is 24.4 Å². The van der Waals surface area contributed by atoms with Crippen molar-refractivity contribution < 1.29 is 22.3 Å². The molecule has 0 aliphatic carbocycles. The molecule has 41 heavy (non-hydrogen) atoms. The maximum atomic E-state index is 15.0. The molecule has 0 amide bonds. The Hall–Kier alpha value is -4.80. The molecule has 1 fully saturated rings. The Morgan fingerprint density at radius 3 is 2.56 bits per heavy atom. The van der Waals surface area contributed by atoms with Crippen molar-refractivity contribution in [2.45, 2.75) is 12.1 Å². The molecule has 4 heterocycles. The van der Waals surface area contributed by atoms with Crippen LogP contribution >= 0.6 is 11.6 Å². The third-order valence-electron chi connectivity index (χ3n) is 6.51. The summed E-state index contributed by atoms with van der Waals surface area (Å²) in [4.78, 5) is 7.64. The van der Waals surface area contributed by atoms with Gasteiger partial charge in [-0.1, -0.05) is 22.9 Å². The second-order valence-corrected chi connectivity index (χ2v) is 9.60. The van der Waals surface area contributed by atoms with Crippen LogP contribution in [0.3, 0.4) is 0 Å². The van der Waals surface area contributed by atoms with Gasteiger partial charge in [0.1, 0.15) is 35.5 Å². The van der Waals surface area contributed by atoms with Crippen molar-refractivity contribution in [1.29, 1.82) is 5.26 Å². The lowest BCUT2D eigenvalue weighted by atomic mass is 10.0. The Balaban J connectivity index is 1.45. The molecule has 2 aromatic carbocycles. The molecule has 1 atom stereocenters. The SMILES string of the molecule is N#Cc1cnc2c(Cl)cc(N[C@H](c3cn(C4COC4)nn3)c3ccc(F)cc3F)cc2c1Nc1cnc(F)c(F)c1. The fourth-order valence-corrected chi connectivity index (χ4v) is 4.65. The summed E-state index contributed by atoms with van der Waals surface area (Å²) >= 11 is 6.57. The highest BCUT2D eigenvalue weighted by Gasteiger charge is 2.27. The van der Waals surface area contributed by atoms with Gasteiger partial charge in [0.05, 0.1) is 53.1 Å². The van der Waals surface area contributed by atoms with Crippen LogP contribution in [0, 0.1) is 34.7 Å². The molecule has 9 nitrogen and oxygen atoms in total. The summed E-state index contributed by atoms with van der Waals surface area (Å²) in [6, 6.07) is 8.30. The first-order chi connectivity index (χ1) is 19.8. The number of nitrogens with one attached hydrogen (secondary N) is 2. The van der Waals surface area contributed by atoms with Crippen LogP contribution in [-0.4, -0.2) is 38.2 Å². The summed E-state index contributed by atoms with van der Waals surface area (Å²) < 4.78 is 62.9. The lowest BCUT2D eigenvalue weighted by Gasteiger charge is -2.25. The van der Waals surface area contributed by atoms with Gasteiger partial charge in [0, 0.05) is 35.0 Å². The smallest absolute Gasteiger partial charge is 0.249 e. The monoisotopic (exact) mass is 580 g/mol. The minimum atomic E-state index is -1.27.